The van der Waals surface area contributed by atoms with Crippen LogP contribution in [0.2, 0.25) is 5.02 Å². The zero-order valence-corrected chi connectivity index (χ0v) is 10.8. The highest BCUT2D eigenvalue weighted by molar-refractivity contribution is 7.92. The van der Waals surface area contributed by atoms with E-state index < -0.39 is 10.0 Å². The van der Waals surface area contributed by atoms with Crippen LogP contribution in [0.4, 0.5) is 11.6 Å². The van der Waals surface area contributed by atoms with Gasteiger partial charge in [-0.25, -0.2) is 13.1 Å². The molecule has 0 radical (unpaired) electrons. The Kier molecular flexibility index (Phi) is 3.09. The minimum absolute atomic E-state index is 0.0794. The van der Waals surface area contributed by atoms with E-state index >= 15 is 0 Å². The summed E-state index contributed by atoms with van der Waals surface area (Å²) in [4.78, 5) is 0.988. The van der Waals surface area contributed by atoms with Gasteiger partial charge in [0.25, 0.3) is 16.0 Å². The van der Waals surface area contributed by atoms with Gasteiger partial charge in [0.15, 0.2) is 0 Å². The lowest BCUT2D eigenvalue weighted by atomic mass is 10.3. The van der Waals surface area contributed by atoms with E-state index in [-0.39, 0.29) is 21.6 Å². The van der Waals surface area contributed by atoms with Crippen molar-refractivity contribution < 1.29 is 8.42 Å². The van der Waals surface area contributed by atoms with Gasteiger partial charge in [0.05, 0.1) is 12.7 Å². The van der Waals surface area contributed by atoms with Crippen LogP contribution in [0.15, 0.2) is 23.1 Å². The zero-order valence-electron chi connectivity index (χ0n) is 9.20. The molecule has 96 valence electrons. The van der Waals surface area contributed by atoms with E-state index in [0.29, 0.717) is 0 Å². The number of nitrogen functional groups attached to an aromatic ring is 1. The number of benzene rings is 1. The molecule has 0 saturated heterocycles. The molecule has 8 nitrogen and oxygen atoms in total. The highest BCUT2D eigenvalue weighted by Gasteiger charge is 2.20. The molecule has 1 aromatic carbocycles. The number of rotatable bonds is 3. The number of halogens is 1. The monoisotopic (exact) mass is 288 g/mol. The van der Waals surface area contributed by atoms with Crippen molar-refractivity contribution in [3.8, 4) is 0 Å². The summed E-state index contributed by atoms with van der Waals surface area (Å²) in [5, 5.41) is 11.0. The Balaban J connectivity index is 2.39. The fourth-order valence-corrected chi connectivity index (χ4v) is 2.57. The molecule has 0 unspecified atom stereocenters. The first-order valence-corrected chi connectivity index (χ1v) is 6.56. The Hall–Kier alpha value is -1.87. The van der Waals surface area contributed by atoms with Crippen molar-refractivity contribution in [2.45, 2.75) is 4.90 Å². The maximum Gasteiger partial charge on any atom is 0.277 e. The number of nitrogens with zero attached hydrogens (tertiary/aromatic N) is 4. The van der Waals surface area contributed by atoms with Gasteiger partial charge >= 0.3 is 0 Å². The van der Waals surface area contributed by atoms with Crippen molar-refractivity contribution in [3.63, 3.8) is 0 Å². The summed E-state index contributed by atoms with van der Waals surface area (Å²) < 4.78 is 26.2. The van der Waals surface area contributed by atoms with Crippen molar-refractivity contribution in [2.24, 2.45) is 7.05 Å². The van der Waals surface area contributed by atoms with Crippen LogP contribution >= 0.6 is 11.6 Å². The molecule has 1 heterocycles. The SMILES string of the molecule is Cn1nnc(NS(=O)(=O)c2cc(Cl)ccc2N)n1. The van der Waals surface area contributed by atoms with E-state index in [1.807, 2.05) is 0 Å². The van der Waals surface area contributed by atoms with Crippen LogP contribution < -0.4 is 10.5 Å². The third kappa shape index (κ3) is 2.51. The van der Waals surface area contributed by atoms with Crippen LogP contribution in [0.1, 0.15) is 0 Å². The summed E-state index contributed by atoms with van der Waals surface area (Å²) >= 11 is 5.73. The number of nitrogens with two attached hydrogens (primary N) is 1. The molecule has 0 aliphatic rings. The lowest BCUT2D eigenvalue weighted by Crippen LogP contribution is -2.16. The van der Waals surface area contributed by atoms with Crippen molar-refractivity contribution in [2.75, 3.05) is 10.5 Å². The molecular weight excluding hydrogens is 280 g/mol. The number of sulfonamides is 1. The van der Waals surface area contributed by atoms with Crippen LogP contribution in [0.5, 0.6) is 0 Å². The van der Waals surface area contributed by atoms with Gasteiger partial charge in [0.1, 0.15) is 4.90 Å². The smallest absolute Gasteiger partial charge is 0.277 e. The van der Waals surface area contributed by atoms with Crippen LogP contribution in [0, 0.1) is 0 Å². The molecule has 0 bridgehead atoms. The van der Waals surface area contributed by atoms with Crippen molar-refractivity contribution in [1.29, 1.82) is 0 Å². The van der Waals surface area contributed by atoms with Gasteiger partial charge in [-0.1, -0.05) is 16.7 Å². The Bertz CT molecular complexity index is 683. The summed E-state index contributed by atoms with van der Waals surface area (Å²) in [6, 6.07) is 4.15. The Labute approximate surface area is 108 Å². The molecule has 0 fully saturated rings. The van der Waals surface area contributed by atoms with Crippen LogP contribution in [0.3, 0.4) is 0 Å². The molecule has 10 heteroatoms. The molecular formula is C8H9ClN6O2S. The molecule has 0 spiro atoms. The largest absolute Gasteiger partial charge is 0.398 e. The van der Waals surface area contributed by atoms with Gasteiger partial charge in [-0.05, 0) is 23.4 Å². The topological polar surface area (TPSA) is 116 Å². The van der Waals surface area contributed by atoms with Gasteiger partial charge < -0.3 is 5.73 Å². The first kappa shape index (κ1) is 12.6. The second kappa shape index (κ2) is 4.42. The average molecular weight is 289 g/mol. The van der Waals surface area contributed by atoms with E-state index in [4.69, 9.17) is 17.3 Å². The zero-order chi connectivity index (χ0) is 13.3. The number of aromatic nitrogens is 4. The van der Waals surface area contributed by atoms with Gasteiger partial charge in [0.2, 0.25) is 0 Å². The average Bonchev–Trinajstić information content (AvgIpc) is 2.66. The number of tetrazole rings is 1. The molecule has 2 rings (SSSR count). The molecule has 3 N–H and O–H groups in total. The normalized spacial score (nSPS) is 11.4. The highest BCUT2D eigenvalue weighted by atomic mass is 35.5. The summed E-state index contributed by atoms with van der Waals surface area (Å²) in [6.07, 6.45) is 0. The summed E-state index contributed by atoms with van der Waals surface area (Å²) in [7, 11) is -2.38. The Morgan fingerprint density at radius 2 is 2.17 bits per heavy atom. The fraction of sp³-hybridized carbons (Fsp3) is 0.125. The Morgan fingerprint density at radius 1 is 1.44 bits per heavy atom. The van der Waals surface area contributed by atoms with Crippen molar-refractivity contribution >= 4 is 33.3 Å². The number of anilines is 2. The first-order valence-electron chi connectivity index (χ1n) is 4.70. The summed E-state index contributed by atoms with van der Waals surface area (Å²) in [5.41, 5.74) is 5.67. The van der Waals surface area contributed by atoms with Crippen molar-refractivity contribution in [3.05, 3.63) is 23.2 Å². The lowest BCUT2D eigenvalue weighted by Gasteiger charge is -2.07. The second-order valence-electron chi connectivity index (χ2n) is 3.39. The molecule has 0 atom stereocenters. The maximum absolute atomic E-state index is 12.0. The Morgan fingerprint density at radius 3 is 2.78 bits per heavy atom. The maximum atomic E-state index is 12.0. The molecule has 0 saturated carbocycles. The summed E-state index contributed by atoms with van der Waals surface area (Å²) in [6.45, 7) is 0. The summed E-state index contributed by atoms with van der Waals surface area (Å²) in [5.74, 6) is -0.142. The van der Waals surface area contributed by atoms with E-state index in [1.165, 1.54) is 25.2 Å². The minimum Gasteiger partial charge on any atom is -0.398 e. The predicted octanol–water partition coefficient (Wildman–Crippen LogP) is 0.247. The molecule has 18 heavy (non-hydrogen) atoms. The predicted molar refractivity (Wildman–Crippen MR) is 65.5 cm³/mol. The first-order chi connectivity index (χ1) is 8.38. The molecule has 0 amide bonds. The number of aryl methyl sites for hydroxylation is 1. The van der Waals surface area contributed by atoms with E-state index in [9.17, 15) is 8.42 Å². The third-order valence-corrected chi connectivity index (χ3v) is 3.62. The second-order valence-corrected chi connectivity index (χ2v) is 5.48. The van der Waals surface area contributed by atoms with Crippen LogP contribution in [-0.4, -0.2) is 28.6 Å². The third-order valence-electron chi connectivity index (χ3n) is 2.00. The number of hydrogen-bond acceptors (Lipinski definition) is 6. The van der Waals surface area contributed by atoms with Gasteiger partial charge in [0, 0.05) is 5.02 Å². The van der Waals surface area contributed by atoms with Crippen LogP contribution in [0.25, 0.3) is 0 Å². The minimum atomic E-state index is -3.89. The molecule has 0 aliphatic carbocycles. The number of hydrogen-bond donors (Lipinski definition) is 2. The lowest BCUT2D eigenvalue weighted by molar-refractivity contribution is 0.601. The van der Waals surface area contributed by atoms with Crippen LogP contribution in [-0.2, 0) is 17.1 Å². The quantitative estimate of drug-likeness (QED) is 0.782. The molecule has 1 aromatic heterocycles. The van der Waals surface area contributed by atoms with Gasteiger partial charge in [-0.15, -0.1) is 5.10 Å². The van der Waals surface area contributed by atoms with Gasteiger partial charge in [-0.3, -0.25) is 0 Å². The van der Waals surface area contributed by atoms with Gasteiger partial charge in [-0.2, -0.15) is 4.80 Å². The molecule has 0 aliphatic heterocycles. The standard InChI is InChI=1S/C8H9ClN6O2S/c1-15-12-8(11-14-15)13-18(16,17)7-4-5(9)2-3-6(7)10/h2-4H,10H2,1H3,(H,12,13). The molecule has 2 aromatic rings. The number of nitrogens with one attached hydrogen (secondary N) is 1. The van der Waals surface area contributed by atoms with E-state index in [2.05, 4.69) is 20.1 Å². The van der Waals surface area contributed by atoms with E-state index in [0.717, 1.165) is 4.80 Å². The highest BCUT2D eigenvalue weighted by Crippen LogP contribution is 2.23. The van der Waals surface area contributed by atoms with Crippen molar-refractivity contribution in [1.82, 2.24) is 20.2 Å². The fourth-order valence-electron chi connectivity index (χ4n) is 1.24. The van der Waals surface area contributed by atoms with E-state index in [1.54, 1.807) is 0 Å².